The van der Waals surface area contributed by atoms with Gasteiger partial charge in [-0.05, 0) is 93.3 Å². The van der Waals surface area contributed by atoms with E-state index in [1.165, 1.54) is 0 Å². The number of aliphatic hydroxyl groups excluding tert-OH is 1. The van der Waals surface area contributed by atoms with Crippen LogP contribution in [0.1, 0.15) is 77.6 Å². The lowest BCUT2D eigenvalue weighted by molar-refractivity contribution is -0.129. The number of nitrogens with zero attached hydrogens (tertiary/aromatic N) is 6. The van der Waals surface area contributed by atoms with Gasteiger partial charge in [-0.2, -0.15) is 5.26 Å². The summed E-state index contributed by atoms with van der Waals surface area (Å²) in [4.78, 5) is 64.1. The number of imide groups is 1. The van der Waals surface area contributed by atoms with Crippen LogP contribution in [0.2, 0.25) is 5.02 Å². The average molecular weight is 795 g/mol. The zero-order valence-electron chi connectivity index (χ0n) is 31.7. The molecule has 5 aliphatic rings. The van der Waals surface area contributed by atoms with Gasteiger partial charge in [0.1, 0.15) is 23.9 Å². The van der Waals surface area contributed by atoms with Crippen molar-refractivity contribution in [1.29, 1.82) is 5.26 Å². The number of carbonyl (C=O) groups excluding carboxylic acids is 4. The lowest BCUT2D eigenvalue weighted by Crippen LogP contribution is -2.57. The number of piperazine rings is 1. The van der Waals surface area contributed by atoms with Crippen LogP contribution in [-0.4, -0.2) is 108 Å². The number of hydrogen-bond acceptors (Lipinski definition) is 11. The van der Waals surface area contributed by atoms with Crippen LogP contribution in [-0.2, 0) is 9.59 Å². The molecule has 3 aromatic rings. The van der Waals surface area contributed by atoms with E-state index in [0.29, 0.717) is 39.2 Å². The van der Waals surface area contributed by atoms with Gasteiger partial charge in [-0.15, -0.1) is 0 Å². The quantitative estimate of drug-likeness (QED) is 0.262. The van der Waals surface area contributed by atoms with E-state index in [9.17, 15) is 24.3 Å². The number of fused-ring (bicyclic) bond motifs is 1. The van der Waals surface area contributed by atoms with Crippen LogP contribution in [0.15, 0.2) is 54.7 Å². The number of halogens is 1. The second-order valence-corrected chi connectivity index (χ2v) is 16.2. The minimum Gasteiger partial charge on any atom is -0.490 e. The Morgan fingerprint density at radius 2 is 1.60 bits per heavy atom. The summed E-state index contributed by atoms with van der Waals surface area (Å²) < 4.78 is 6.08. The molecule has 1 aliphatic carbocycles. The summed E-state index contributed by atoms with van der Waals surface area (Å²) in [7, 11) is 0. The molecule has 4 aliphatic heterocycles. The molecule has 8 rings (SSSR count). The van der Waals surface area contributed by atoms with Gasteiger partial charge in [0.15, 0.2) is 0 Å². The number of pyridine rings is 1. The molecule has 2 atom stereocenters. The number of nitrogens with one attached hydrogen (secondary N) is 2. The van der Waals surface area contributed by atoms with Gasteiger partial charge in [0.05, 0.1) is 45.7 Å². The number of ether oxygens (including phenoxy) is 1. The maximum Gasteiger partial charge on any atom is 0.262 e. The summed E-state index contributed by atoms with van der Waals surface area (Å²) in [6.45, 7) is 6.37. The summed E-state index contributed by atoms with van der Waals surface area (Å²) in [6.07, 6.45) is 6.09. The Morgan fingerprint density at radius 3 is 2.28 bits per heavy atom. The minimum atomic E-state index is -1.27. The molecule has 4 fully saturated rings. The summed E-state index contributed by atoms with van der Waals surface area (Å²) in [6, 6.07) is 15.7. The monoisotopic (exact) mass is 794 g/mol. The third kappa shape index (κ3) is 8.42. The third-order valence-electron chi connectivity index (χ3n) is 12.2. The zero-order chi connectivity index (χ0) is 39.6. The highest BCUT2D eigenvalue weighted by Gasteiger charge is 2.44. The van der Waals surface area contributed by atoms with Crippen molar-refractivity contribution in [2.75, 3.05) is 60.9 Å². The van der Waals surface area contributed by atoms with Crippen molar-refractivity contribution in [3.05, 3.63) is 76.4 Å². The van der Waals surface area contributed by atoms with Crippen LogP contribution >= 0.6 is 11.6 Å². The van der Waals surface area contributed by atoms with Crippen molar-refractivity contribution in [1.82, 2.24) is 20.1 Å². The number of rotatable bonds is 9. The number of carbonyl (C=O) groups is 4. The topological polar surface area (TPSA) is 171 Å². The Balaban J connectivity index is 0.751. The Kier molecular flexibility index (Phi) is 11.3. The molecule has 5 heterocycles. The SMILES string of the molecule is N#Cc1ccc(O[C@H]2CC[C@H](C(=O)Nc3ccc(N4CCC(CN5CCN(c6ccc7c(c6)C(=O)N(C6CCC(=O)NC6O)C7=O)CC5)CC4)cn3)CC2)cc1Cl. The molecule has 57 heavy (non-hydrogen) atoms. The van der Waals surface area contributed by atoms with Crippen LogP contribution in [0, 0.1) is 23.2 Å². The lowest BCUT2D eigenvalue weighted by Gasteiger charge is -2.40. The number of benzene rings is 2. The molecule has 0 spiro atoms. The molecule has 15 heteroatoms. The highest BCUT2D eigenvalue weighted by molar-refractivity contribution is 6.31. The highest BCUT2D eigenvalue weighted by atomic mass is 35.5. The van der Waals surface area contributed by atoms with Gasteiger partial charge >= 0.3 is 0 Å². The van der Waals surface area contributed by atoms with E-state index in [-0.39, 0.29) is 36.7 Å². The summed E-state index contributed by atoms with van der Waals surface area (Å²) >= 11 is 6.15. The lowest BCUT2D eigenvalue weighted by atomic mass is 9.86. The molecular formula is C42H47ClN8O6. The highest BCUT2D eigenvalue weighted by Crippen LogP contribution is 2.33. The summed E-state index contributed by atoms with van der Waals surface area (Å²) in [5.41, 5.74) is 3.06. The fraction of sp³-hybridized carbons (Fsp3) is 0.476. The first-order chi connectivity index (χ1) is 27.6. The van der Waals surface area contributed by atoms with Gasteiger partial charge in [0, 0.05) is 69.9 Å². The predicted octanol–water partition coefficient (Wildman–Crippen LogP) is 4.41. The van der Waals surface area contributed by atoms with Crippen molar-refractivity contribution >= 4 is 52.4 Å². The molecule has 2 unspecified atom stereocenters. The molecule has 1 aromatic heterocycles. The van der Waals surface area contributed by atoms with Gasteiger partial charge < -0.3 is 30.3 Å². The van der Waals surface area contributed by atoms with Crippen LogP contribution in [0.4, 0.5) is 17.2 Å². The van der Waals surface area contributed by atoms with Crippen LogP contribution in [0.3, 0.4) is 0 Å². The second-order valence-electron chi connectivity index (χ2n) is 15.8. The molecule has 0 radical (unpaired) electrons. The normalized spacial score (nSPS) is 24.5. The van der Waals surface area contributed by atoms with Crippen molar-refractivity contribution in [2.45, 2.75) is 69.7 Å². The molecule has 3 saturated heterocycles. The number of piperidine rings is 2. The van der Waals surface area contributed by atoms with Crippen LogP contribution in [0.25, 0.3) is 0 Å². The standard InChI is InChI=1S/C42H47ClN8O6/c43-35-22-32(8-3-28(35)23-44)57-31-6-1-27(2-7-31)39(53)46-37-11-5-30(24-45-37)49-15-13-26(14-16-49)25-48-17-19-50(20-18-48)29-4-9-33-34(21-29)42(56)51(41(33)55)36-10-12-38(52)47-40(36)54/h3-5,8-9,11,21-22,24,26-27,31,36,40,54H,1-2,6-7,10,12-20,25H2,(H,47,52)(H,45,46,53)/t27-,31-,36?,40?. The Morgan fingerprint density at radius 1 is 0.877 bits per heavy atom. The Labute approximate surface area is 336 Å². The van der Waals surface area contributed by atoms with E-state index in [2.05, 4.69) is 36.4 Å². The van der Waals surface area contributed by atoms with Crippen molar-refractivity contribution in [3.63, 3.8) is 0 Å². The van der Waals surface area contributed by atoms with Gasteiger partial charge in [-0.3, -0.25) is 29.0 Å². The van der Waals surface area contributed by atoms with Crippen LogP contribution in [0.5, 0.6) is 5.75 Å². The molecule has 1 saturated carbocycles. The van der Waals surface area contributed by atoms with Gasteiger partial charge in [0.25, 0.3) is 11.8 Å². The van der Waals surface area contributed by atoms with E-state index in [4.69, 9.17) is 21.6 Å². The largest absolute Gasteiger partial charge is 0.490 e. The van der Waals surface area contributed by atoms with Gasteiger partial charge in [-0.25, -0.2) is 4.98 Å². The first kappa shape index (κ1) is 38.6. The van der Waals surface area contributed by atoms with E-state index >= 15 is 0 Å². The number of amides is 4. The fourth-order valence-corrected chi connectivity index (χ4v) is 9.10. The average Bonchev–Trinajstić information content (AvgIpc) is 3.47. The van der Waals surface area contributed by atoms with E-state index in [1.807, 2.05) is 24.4 Å². The molecule has 298 valence electrons. The zero-order valence-corrected chi connectivity index (χ0v) is 32.5. The third-order valence-corrected chi connectivity index (χ3v) is 12.5. The van der Waals surface area contributed by atoms with E-state index in [0.717, 1.165) is 101 Å². The van der Waals surface area contributed by atoms with Gasteiger partial charge in [-0.1, -0.05) is 11.6 Å². The number of aliphatic hydroxyl groups is 1. The first-order valence-electron chi connectivity index (χ1n) is 20.0. The van der Waals surface area contributed by atoms with E-state index < -0.39 is 24.1 Å². The number of aromatic nitrogens is 1. The number of hydrogen-bond donors (Lipinski definition) is 3. The van der Waals surface area contributed by atoms with Crippen molar-refractivity contribution in [3.8, 4) is 11.8 Å². The molecule has 2 aromatic carbocycles. The molecule has 0 bridgehead atoms. The maximum absolute atomic E-state index is 13.4. The van der Waals surface area contributed by atoms with E-state index in [1.54, 1.807) is 30.3 Å². The molecule has 3 N–H and O–H groups in total. The Bertz CT molecular complexity index is 2050. The summed E-state index contributed by atoms with van der Waals surface area (Å²) in [5.74, 6) is 0.521. The van der Waals surface area contributed by atoms with Crippen molar-refractivity contribution < 1.29 is 29.0 Å². The smallest absolute Gasteiger partial charge is 0.262 e. The second kappa shape index (κ2) is 16.7. The predicted molar refractivity (Wildman–Crippen MR) is 213 cm³/mol. The van der Waals surface area contributed by atoms with Crippen LogP contribution < -0.4 is 25.2 Å². The molecular weight excluding hydrogens is 748 g/mol. The van der Waals surface area contributed by atoms with Gasteiger partial charge in [0.2, 0.25) is 11.8 Å². The fourth-order valence-electron chi connectivity index (χ4n) is 8.88. The maximum atomic E-state index is 13.4. The Hall–Kier alpha value is -5.23. The van der Waals surface area contributed by atoms with Crippen molar-refractivity contribution in [2.24, 2.45) is 11.8 Å². The number of nitriles is 1. The molecule has 14 nitrogen and oxygen atoms in total. The molecule has 4 amide bonds. The first-order valence-corrected chi connectivity index (χ1v) is 20.4. The number of anilines is 3. The minimum absolute atomic E-state index is 0.000942. The summed E-state index contributed by atoms with van der Waals surface area (Å²) in [5, 5.41) is 25.3.